The SMILES string of the molecule is CNc1cc(C(=O)NC(C)c2ncn[nH]2)cc(Cl)n1. The number of hydrogen-bond acceptors (Lipinski definition) is 5. The Kier molecular flexibility index (Phi) is 3.96. The van der Waals surface area contributed by atoms with E-state index in [0.29, 0.717) is 17.2 Å². The zero-order chi connectivity index (χ0) is 13.8. The second kappa shape index (κ2) is 5.66. The molecule has 0 bridgehead atoms. The van der Waals surface area contributed by atoms with Gasteiger partial charge in [0.15, 0.2) is 0 Å². The number of anilines is 1. The molecule has 0 aliphatic rings. The van der Waals surface area contributed by atoms with Gasteiger partial charge < -0.3 is 10.6 Å². The molecular formula is C11H13ClN6O. The highest BCUT2D eigenvalue weighted by Crippen LogP contribution is 2.15. The third-order valence-electron chi connectivity index (χ3n) is 2.50. The number of hydrogen-bond donors (Lipinski definition) is 3. The summed E-state index contributed by atoms with van der Waals surface area (Å²) in [4.78, 5) is 20.1. The van der Waals surface area contributed by atoms with E-state index in [4.69, 9.17) is 11.6 Å². The molecule has 1 amide bonds. The fourth-order valence-electron chi connectivity index (χ4n) is 1.53. The number of rotatable bonds is 4. The van der Waals surface area contributed by atoms with Gasteiger partial charge in [-0.05, 0) is 19.1 Å². The van der Waals surface area contributed by atoms with Gasteiger partial charge in [-0.3, -0.25) is 9.89 Å². The molecule has 0 saturated heterocycles. The summed E-state index contributed by atoms with van der Waals surface area (Å²) in [6.45, 7) is 1.81. The normalized spacial score (nSPS) is 11.9. The fraction of sp³-hybridized carbons (Fsp3) is 0.273. The number of carbonyl (C=O) groups excluding carboxylic acids is 1. The molecule has 3 N–H and O–H groups in total. The van der Waals surface area contributed by atoms with Gasteiger partial charge in [0.1, 0.15) is 23.1 Å². The van der Waals surface area contributed by atoms with Gasteiger partial charge in [0, 0.05) is 12.6 Å². The topological polar surface area (TPSA) is 95.6 Å². The molecule has 8 heteroatoms. The summed E-state index contributed by atoms with van der Waals surface area (Å²) in [5, 5.41) is 12.3. The summed E-state index contributed by atoms with van der Waals surface area (Å²) >= 11 is 5.85. The van der Waals surface area contributed by atoms with Crippen molar-refractivity contribution in [1.29, 1.82) is 0 Å². The average Bonchev–Trinajstić information content (AvgIpc) is 2.91. The first-order chi connectivity index (χ1) is 9.10. The van der Waals surface area contributed by atoms with Crippen molar-refractivity contribution < 1.29 is 4.79 Å². The van der Waals surface area contributed by atoms with E-state index in [1.807, 2.05) is 0 Å². The highest BCUT2D eigenvalue weighted by atomic mass is 35.5. The molecule has 0 spiro atoms. The van der Waals surface area contributed by atoms with Crippen LogP contribution in [0, 0.1) is 0 Å². The van der Waals surface area contributed by atoms with Crippen LogP contribution in [0.4, 0.5) is 5.82 Å². The van der Waals surface area contributed by atoms with Crippen LogP contribution in [0.3, 0.4) is 0 Å². The van der Waals surface area contributed by atoms with Crippen molar-refractivity contribution in [2.24, 2.45) is 0 Å². The van der Waals surface area contributed by atoms with Crippen LogP contribution in [0.15, 0.2) is 18.5 Å². The predicted octanol–water partition coefficient (Wildman–Crippen LogP) is 1.39. The third kappa shape index (κ3) is 3.19. The van der Waals surface area contributed by atoms with Gasteiger partial charge >= 0.3 is 0 Å². The Labute approximate surface area is 114 Å². The Balaban J connectivity index is 2.13. The van der Waals surface area contributed by atoms with Crippen LogP contribution in [0.5, 0.6) is 0 Å². The van der Waals surface area contributed by atoms with Crippen molar-refractivity contribution in [1.82, 2.24) is 25.5 Å². The van der Waals surface area contributed by atoms with E-state index in [2.05, 4.69) is 30.8 Å². The van der Waals surface area contributed by atoms with Crippen molar-refractivity contribution in [3.05, 3.63) is 35.0 Å². The van der Waals surface area contributed by atoms with Crippen molar-refractivity contribution >= 4 is 23.3 Å². The number of pyridine rings is 1. The van der Waals surface area contributed by atoms with E-state index in [9.17, 15) is 4.79 Å². The summed E-state index contributed by atoms with van der Waals surface area (Å²) in [7, 11) is 1.71. The number of halogens is 1. The quantitative estimate of drug-likeness (QED) is 0.736. The zero-order valence-corrected chi connectivity index (χ0v) is 11.2. The van der Waals surface area contributed by atoms with E-state index in [1.165, 1.54) is 12.4 Å². The number of carbonyl (C=O) groups is 1. The summed E-state index contributed by atoms with van der Waals surface area (Å²) in [5.74, 6) is 0.858. The van der Waals surface area contributed by atoms with Crippen LogP contribution >= 0.6 is 11.6 Å². The lowest BCUT2D eigenvalue weighted by atomic mass is 10.2. The zero-order valence-electron chi connectivity index (χ0n) is 10.4. The number of aromatic nitrogens is 4. The van der Waals surface area contributed by atoms with Crippen LogP contribution in [0.2, 0.25) is 5.15 Å². The molecule has 2 rings (SSSR count). The van der Waals surface area contributed by atoms with Gasteiger partial charge in [0.05, 0.1) is 6.04 Å². The first kappa shape index (κ1) is 13.3. The summed E-state index contributed by atoms with van der Waals surface area (Å²) in [6.07, 6.45) is 1.39. The van der Waals surface area contributed by atoms with Crippen LogP contribution in [-0.4, -0.2) is 33.1 Å². The lowest BCUT2D eigenvalue weighted by molar-refractivity contribution is 0.0938. The molecular weight excluding hydrogens is 268 g/mol. The predicted molar refractivity (Wildman–Crippen MR) is 71.1 cm³/mol. The number of nitrogens with zero attached hydrogens (tertiary/aromatic N) is 3. The maximum Gasteiger partial charge on any atom is 0.252 e. The molecule has 2 aromatic heterocycles. The first-order valence-electron chi connectivity index (χ1n) is 5.61. The van der Waals surface area contributed by atoms with Gasteiger partial charge in [-0.15, -0.1) is 0 Å². The lowest BCUT2D eigenvalue weighted by Crippen LogP contribution is -2.27. The Bertz CT molecular complexity index is 571. The molecule has 100 valence electrons. The van der Waals surface area contributed by atoms with E-state index in [1.54, 1.807) is 20.0 Å². The molecule has 7 nitrogen and oxygen atoms in total. The second-order valence-corrected chi connectivity index (χ2v) is 4.27. The Morgan fingerprint density at radius 3 is 2.89 bits per heavy atom. The van der Waals surface area contributed by atoms with Gasteiger partial charge in [-0.1, -0.05) is 11.6 Å². The van der Waals surface area contributed by atoms with E-state index >= 15 is 0 Å². The third-order valence-corrected chi connectivity index (χ3v) is 2.70. The van der Waals surface area contributed by atoms with Crippen LogP contribution in [-0.2, 0) is 0 Å². The molecule has 2 aromatic rings. The molecule has 0 aromatic carbocycles. The van der Waals surface area contributed by atoms with Gasteiger partial charge in [0.2, 0.25) is 0 Å². The number of H-pyrrole nitrogens is 1. The summed E-state index contributed by atoms with van der Waals surface area (Å²) in [5.41, 5.74) is 0.427. The average molecular weight is 281 g/mol. The van der Waals surface area contributed by atoms with Crippen molar-refractivity contribution in [3.8, 4) is 0 Å². The minimum Gasteiger partial charge on any atom is -0.373 e. The molecule has 1 atom stereocenters. The highest BCUT2D eigenvalue weighted by Gasteiger charge is 2.14. The van der Waals surface area contributed by atoms with Crippen molar-refractivity contribution in [2.75, 3.05) is 12.4 Å². The summed E-state index contributed by atoms with van der Waals surface area (Å²) < 4.78 is 0. The maximum absolute atomic E-state index is 12.1. The Morgan fingerprint density at radius 1 is 1.47 bits per heavy atom. The molecule has 0 radical (unpaired) electrons. The van der Waals surface area contributed by atoms with Crippen molar-refractivity contribution in [3.63, 3.8) is 0 Å². The van der Waals surface area contributed by atoms with Crippen LogP contribution < -0.4 is 10.6 Å². The number of aromatic amines is 1. The second-order valence-electron chi connectivity index (χ2n) is 3.88. The molecule has 1 unspecified atom stereocenters. The standard InChI is InChI=1S/C11H13ClN6O/c1-6(10-14-5-15-18-10)16-11(19)7-3-8(12)17-9(4-7)13-2/h3-6H,1-2H3,(H,13,17)(H,16,19)(H,14,15,18). The van der Waals surface area contributed by atoms with E-state index < -0.39 is 0 Å². The first-order valence-corrected chi connectivity index (χ1v) is 5.99. The highest BCUT2D eigenvalue weighted by molar-refractivity contribution is 6.29. The van der Waals surface area contributed by atoms with E-state index in [-0.39, 0.29) is 17.1 Å². The largest absolute Gasteiger partial charge is 0.373 e. The monoisotopic (exact) mass is 280 g/mol. The van der Waals surface area contributed by atoms with E-state index in [0.717, 1.165) is 0 Å². The van der Waals surface area contributed by atoms with Gasteiger partial charge in [-0.2, -0.15) is 5.10 Å². The molecule has 19 heavy (non-hydrogen) atoms. The number of amides is 1. The Hall–Kier alpha value is -2.15. The Morgan fingerprint density at radius 2 is 2.26 bits per heavy atom. The lowest BCUT2D eigenvalue weighted by Gasteiger charge is -2.11. The smallest absolute Gasteiger partial charge is 0.252 e. The summed E-state index contributed by atoms with van der Waals surface area (Å²) in [6, 6.07) is 2.85. The molecule has 0 aliphatic heterocycles. The van der Waals surface area contributed by atoms with Crippen LogP contribution in [0.1, 0.15) is 29.1 Å². The minimum absolute atomic E-state index is 0.254. The number of nitrogens with one attached hydrogen (secondary N) is 3. The molecule has 0 fully saturated rings. The molecule has 0 aliphatic carbocycles. The van der Waals surface area contributed by atoms with Gasteiger partial charge in [-0.25, -0.2) is 9.97 Å². The maximum atomic E-state index is 12.1. The van der Waals surface area contributed by atoms with Gasteiger partial charge in [0.25, 0.3) is 5.91 Å². The minimum atomic E-state index is -0.278. The van der Waals surface area contributed by atoms with Crippen molar-refractivity contribution in [2.45, 2.75) is 13.0 Å². The fourth-order valence-corrected chi connectivity index (χ4v) is 1.74. The molecule has 0 saturated carbocycles. The molecule has 2 heterocycles. The van der Waals surface area contributed by atoms with Crippen LogP contribution in [0.25, 0.3) is 0 Å².